The van der Waals surface area contributed by atoms with Gasteiger partial charge in [0.25, 0.3) is 0 Å². The molecule has 0 bridgehead atoms. The maximum atomic E-state index is 14.1. The highest BCUT2D eigenvalue weighted by molar-refractivity contribution is 5.53. The fourth-order valence-electron chi connectivity index (χ4n) is 4.20. The Bertz CT molecular complexity index is 888. The summed E-state index contributed by atoms with van der Waals surface area (Å²) in [5.41, 5.74) is 1.97. The van der Waals surface area contributed by atoms with Gasteiger partial charge in [-0.3, -0.25) is 0 Å². The van der Waals surface area contributed by atoms with Crippen LogP contribution in [0.25, 0.3) is 0 Å². The van der Waals surface area contributed by atoms with Crippen LogP contribution in [0.4, 0.5) is 23.2 Å². The van der Waals surface area contributed by atoms with Gasteiger partial charge in [0.2, 0.25) is 0 Å². The van der Waals surface area contributed by atoms with Crippen LogP contribution in [0, 0.1) is 22.6 Å². The lowest BCUT2D eigenvalue weighted by Gasteiger charge is -2.60. The summed E-state index contributed by atoms with van der Waals surface area (Å²) >= 11 is 0. The molecule has 1 saturated carbocycles. The molecule has 1 saturated heterocycles. The summed E-state index contributed by atoms with van der Waals surface area (Å²) in [4.78, 5) is 2.10. The molecule has 2 aliphatic rings. The van der Waals surface area contributed by atoms with Crippen molar-refractivity contribution < 1.29 is 22.3 Å². The Morgan fingerprint density at radius 2 is 1.74 bits per heavy atom. The summed E-state index contributed by atoms with van der Waals surface area (Å²) in [5.74, 6) is -0.408. The molecule has 0 amide bonds. The van der Waals surface area contributed by atoms with Gasteiger partial charge in [0, 0.05) is 24.2 Å². The molecule has 0 atom stereocenters. The summed E-state index contributed by atoms with van der Waals surface area (Å²) in [5, 5.41) is 8.82. The van der Waals surface area contributed by atoms with Crippen LogP contribution in [0.15, 0.2) is 42.5 Å². The second-order valence-corrected chi connectivity index (χ2v) is 7.35. The van der Waals surface area contributed by atoms with Gasteiger partial charge < -0.3 is 9.64 Å². The molecule has 27 heavy (non-hydrogen) atoms. The van der Waals surface area contributed by atoms with E-state index in [1.54, 1.807) is 24.3 Å². The van der Waals surface area contributed by atoms with Crippen LogP contribution in [-0.4, -0.2) is 19.5 Å². The quantitative estimate of drug-likeness (QED) is 0.709. The molecule has 1 aliphatic heterocycles. The van der Waals surface area contributed by atoms with Crippen molar-refractivity contribution >= 4 is 5.69 Å². The number of benzene rings is 2. The molecule has 140 valence electrons. The molecule has 0 unspecified atom stereocenters. The van der Waals surface area contributed by atoms with Crippen molar-refractivity contribution in [1.82, 2.24) is 0 Å². The van der Waals surface area contributed by atoms with E-state index in [0.29, 0.717) is 11.1 Å². The summed E-state index contributed by atoms with van der Waals surface area (Å²) in [7, 11) is 0. The molecule has 2 aromatic carbocycles. The van der Waals surface area contributed by atoms with Gasteiger partial charge >= 0.3 is 6.36 Å². The van der Waals surface area contributed by atoms with Crippen molar-refractivity contribution in [2.24, 2.45) is 5.41 Å². The molecular formula is C20H16F4N2O. The first-order valence-corrected chi connectivity index (χ1v) is 8.57. The van der Waals surface area contributed by atoms with E-state index in [9.17, 15) is 17.6 Å². The fourth-order valence-corrected chi connectivity index (χ4v) is 4.20. The Kier molecular flexibility index (Phi) is 4.02. The van der Waals surface area contributed by atoms with Crippen LogP contribution in [0.3, 0.4) is 0 Å². The molecule has 2 aromatic rings. The molecule has 7 heteroatoms. The van der Waals surface area contributed by atoms with E-state index >= 15 is 0 Å². The van der Waals surface area contributed by atoms with Crippen molar-refractivity contribution in [1.29, 1.82) is 5.26 Å². The number of hydrogen-bond acceptors (Lipinski definition) is 3. The predicted octanol–water partition coefficient (Wildman–Crippen LogP) is 4.98. The number of nitrogens with zero attached hydrogens (tertiary/aromatic N) is 2. The molecular weight excluding hydrogens is 360 g/mol. The Balaban J connectivity index is 1.34. The number of halogens is 4. The molecule has 1 heterocycles. The smallest absolute Gasteiger partial charge is 0.406 e. The van der Waals surface area contributed by atoms with Crippen LogP contribution >= 0.6 is 0 Å². The van der Waals surface area contributed by atoms with Gasteiger partial charge in [0.15, 0.2) is 0 Å². The third kappa shape index (κ3) is 3.44. The van der Waals surface area contributed by atoms with E-state index in [1.165, 1.54) is 18.2 Å². The Hall–Kier alpha value is -2.75. The first-order valence-electron chi connectivity index (χ1n) is 8.57. The minimum Gasteiger partial charge on any atom is -0.406 e. The third-order valence-corrected chi connectivity index (χ3v) is 5.42. The van der Waals surface area contributed by atoms with Crippen LogP contribution in [0.2, 0.25) is 0 Å². The van der Waals surface area contributed by atoms with Gasteiger partial charge in [-0.1, -0.05) is 6.07 Å². The lowest BCUT2D eigenvalue weighted by molar-refractivity contribution is -0.274. The van der Waals surface area contributed by atoms with Crippen molar-refractivity contribution in [3.05, 3.63) is 59.4 Å². The first kappa shape index (κ1) is 17.7. The number of nitriles is 1. The minimum atomic E-state index is -4.69. The second-order valence-electron chi connectivity index (χ2n) is 7.35. The summed E-state index contributed by atoms with van der Waals surface area (Å²) in [6, 6.07) is 12.4. The topological polar surface area (TPSA) is 36.3 Å². The standard InChI is InChI=1S/C20H16F4N2O/c21-18-7-13(10-25)1-6-17(18)14-8-19(9-14)11-26(12-19)15-2-4-16(5-3-15)27-20(22,23)24/h1-7,14H,8-9,11-12H2. The maximum Gasteiger partial charge on any atom is 0.573 e. The van der Waals surface area contributed by atoms with E-state index in [2.05, 4.69) is 9.64 Å². The normalized spacial score (nSPS) is 18.6. The lowest BCUT2D eigenvalue weighted by Crippen LogP contribution is -2.62. The van der Waals surface area contributed by atoms with Crippen molar-refractivity contribution in [2.45, 2.75) is 25.1 Å². The van der Waals surface area contributed by atoms with Crippen LogP contribution < -0.4 is 9.64 Å². The molecule has 1 spiro atoms. The van der Waals surface area contributed by atoms with E-state index in [1.807, 2.05) is 6.07 Å². The van der Waals surface area contributed by atoms with Gasteiger partial charge in [-0.05, 0) is 60.7 Å². The monoisotopic (exact) mass is 376 g/mol. The Morgan fingerprint density at radius 3 is 2.30 bits per heavy atom. The SMILES string of the molecule is N#Cc1ccc(C2CC3(C2)CN(c2ccc(OC(F)(F)F)cc2)C3)c(F)c1. The van der Waals surface area contributed by atoms with E-state index in [4.69, 9.17) is 5.26 Å². The summed E-state index contributed by atoms with van der Waals surface area (Å²) in [6.07, 6.45) is -2.94. The second kappa shape index (κ2) is 6.15. The largest absolute Gasteiger partial charge is 0.573 e. The number of rotatable bonds is 3. The Morgan fingerprint density at radius 1 is 1.07 bits per heavy atom. The van der Waals surface area contributed by atoms with Gasteiger partial charge in [-0.2, -0.15) is 5.26 Å². The van der Waals surface area contributed by atoms with E-state index in [-0.39, 0.29) is 22.9 Å². The zero-order chi connectivity index (χ0) is 19.2. The molecule has 2 fully saturated rings. The molecule has 4 rings (SSSR count). The molecule has 0 radical (unpaired) electrons. The maximum absolute atomic E-state index is 14.1. The Labute approximate surface area is 153 Å². The third-order valence-electron chi connectivity index (χ3n) is 5.42. The summed E-state index contributed by atoms with van der Waals surface area (Å²) in [6.45, 7) is 1.61. The average molecular weight is 376 g/mol. The molecule has 3 nitrogen and oxygen atoms in total. The predicted molar refractivity (Wildman–Crippen MR) is 90.9 cm³/mol. The highest BCUT2D eigenvalue weighted by Crippen LogP contribution is 2.57. The fraction of sp³-hybridized carbons (Fsp3) is 0.350. The highest BCUT2D eigenvalue weighted by Gasteiger charge is 2.53. The van der Waals surface area contributed by atoms with Crippen molar-refractivity contribution in [3.63, 3.8) is 0 Å². The van der Waals surface area contributed by atoms with Crippen molar-refractivity contribution in [2.75, 3.05) is 18.0 Å². The van der Waals surface area contributed by atoms with Gasteiger partial charge in [0.1, 0.15) is 11.6 Å². The number of alkyl halides is 3. The van der Waals surface area contributed by atoms with Crippen LogP contribution in [0.1, 0.15) is 29.9 Å². The molecule has 0 aromatic heterocycles. The van der Waals surface area contributed by atoms with E-state index < -0.39 is 6.36 Å². The molecule has 0 N–H and O–H groups in total. The lowest BCUT2D eigenvalue weighted by atomic mass is 9.56. The van der Waals surface area contributed by atoms with Crippen LogP contribution in [-0.2, 0) is 0 Å². The van der Waals surface area contributed by atoms with Gasteiger partial charge in [0.05, 0.1) is 11.6 Å². The van der Waals surface area contributed by atoms with Crippen LogP contribution in [0.5, 0.6) is 5.75 Å². The average Bonchev–Trinajstić information content (AvgIpc) is 2.53. The summed E-state index contributed by atoms with van der Waals surface area (Å²) < 4.78 is 54.6. The highest BCUT2D eigenvalue weighted by atomic mass is 19.4. The van der Waals surface area contributed by atoms with Crippen molar-refractivity contribution in [3.8, 4) is 11.8 Å². The molecule has 1 aliphatic carbocycles. The van der Waals surface area contributed by atoms with Gasteiger partial charge in [-0.25, -0.2) is 4.39 Å². The first-order chi connectivity index (χ1) is 12.8. The van der Waals surface area contributed by atoms with E-state index in [0.717, 1.165) is 31.6 Å². The number of anilines is 1. The van der Waals surface area contributed by atoms with Gasteiger partial charge in [-0.15, -0.1) is 13.2 Å². The zero-order valence-electron chi connectivity index (χ0n) is 14.3. The minimum absolute atomic E-state index is 0.145. The number of ether oxygens (including phenoxy) is 1. The zero-order valence-corrected chi connectivity index (χ0v) is 14.3. The number of hydrogen-bond donors (Lipinski definition) is 0.